The molecule has 2 N–H and O–H groups in total. The molecule has 0 fully saturated rings. The number of rotatable bonds is 4. The molecule has 0 amide bonds. The molecule has 0 aliphatic rings. The van der Waals surface area contributed by atoms with Crippen molar-refractivity contribution in [3.8, 4) is 22.8 Å². The van der Waals surface area contributed by atoms with Crippen LogP contribution < -0.4 is 5.73 Å². The second kappa shape index (κ2) is 7.12. The van der Waals surface area contributed by atoms with E-state index in [2.05, 4.69) is 10.1 Å². The molecule has 0 aliphatic carbocycles. The van der Waals surface area contributed by atoms with Crippen molar-refractivity contribution in [1.82, 2.24) is 10.1 Å². The third-order valence-corrected chi connectivity index (χ3v) is 4.76. The Kier molecular flexibility index (Phi) is 4.49. The zero-order chi connectivity index (χ0) is 19.7. The topological polar surface area (TPSA) is 82.0 Å². The van der Waals surface area contributed by atoms with Crippen LogP contribution in [0.25, 0.3) is 22.8 Å². The standard InChI is InChI=1S/C23H19N3O2/c1-14-10-12-16(13-11-14)21(27)18-6-3-4-7-19(18)23-25-22(26-28-23)17-8-5-9-20(24)15(17)2/h3-13H,24H2,1-2H3. The highest BCUT2D eigenvalue weighted by atomic mass is 16.5. The van der Waals surface area contributed by atoms with Crippen molar-refractivity contribution in [2.24, 2.45) is 0 Å². The van der Waals surface area contributed by atoms with Gasteiger partial charge < -0.3 is 10.3 Å². The van der Waals surface area contributed by atoms with E-state index >= 15 is 0 Å². The molecule has 138 valence electrons. The number of hydrogen-bond acceptors (Lipinski definition) is 5. The minimum Gasteiger partial charge on any atom is -0.398 e. The van der Waals surface area contributed by atoms with Crippen LogP contribution in [-0.2, 0) is 0 Å². The monoisotopic (exact) mass is 369 g/mol. The summed E-state index contributed by atoms with van der Waals surface area (Å²) in [4.78, 5) is 17.5. The van der Waals surface area contributed by atoms with Gasteiger partial charge in [-0.3, -0.25) is 4.79 Å². The highest BCUT2D eigenvalue weighted by Gasteiger charge is 2.19. The SMILES string of the molecule is Cc1ccc(C(=O)c2ccccc2-c2nc(-c3cccc(N)c3C)no2)cc1. The highest BCUT2D eigenvalue weighted by Crippen LogP contribution is 2.29. The Morgan fingerprint density at radius 1 is 0.893 bits per heavy atom. The van der Waals surface area contributed by atoms with Gasteiger partial charge in [0, 0.05) is 22.4 Å². The van der Waals surface area contributed by atoms with Gasteiger partial charge in [-0.1, -0.05) is 65.3 Å². The number of carbonyl (C=O) groups excluding carboxylic acids is 1. The maximum atomic E-state index is 13.0. The highest BCUT2D eigenvalue weighted by molar-refractivity contribution is 6.12. The van der Waals surface area contributed by atoms with E-state index in [-0.39, 0.29) is 5.78 Å². The van der Waals surface area contributed by atoms with Crippen LogP contribution >= 0.6 is 0 Å². The predicted octanol–water partition coefficient (Wildman–Crippen LogP) is 4.83. The lowest BCUT2D eigenvalue weighted by atomic mass is 9.97. The van der Waals surface area contributed by atoms with E-state index in [1.54, 1.807) is 6.07 Å². The minimum atomic E-state index is -0.0875. The lowest BCUT2D eigenvalue weighted by Crippen LogP contribution is -2.03. The van der Waals surface area contributed by atoms with Crippen LogP contribution in [0.15, 0.2) is 71.3 Å². The molecule has 3 aromatic carbocycles. The zero-order valence-electron chi connectivity index (χ0n) is 15.6. The van der Waals surface area contributed by atoms with Crippen molar-refractivity contribution in [2.45, 2.75) is 13.8 Å². The van der Waals surface area contributed by atoms with Gasteiger partial charge in [0.1, 0.15) is 0 Å². The number of benzene rings is 3. The summed E-state index contributed by atoms with van der Waals surface area (Å²) >= 11 is 0. The van der Waals surface area contributed by atoms with E-state index in [9.17, 15) is 4.79 Å². The molecule has 0 aliphatic heterocycles. The molecule has 0 unspecified atom stereocenters. The first-order valence-electron chi connectivity index (χ1n) is 8.94. The quantitative estimate of drug-likeness (QED) is 0.411. The van der Waals surface area contributed by atoms with Crippen LogP contribution in [0.1, 0.15) is 27.0 Å². The fraction of sp³-hybridized carbons (Fsp3) is 0.0870. The molecule has 1 heterocycles. The molecular formula is C23H19N3O2. The molecular weight excluding hydrogens is 350 g/mol. The average molecular weight is 369 g/mol. The molecule has 1 aromatic heterocycles. The number of aryl methyl sites for hydroxylation is 1. The van der Waals surface area contributed by atoms with Gasteiger partial charge in [0.2, 0.25) is 5.82 Å². The lowest BCUT2D eigenvalue weighted by Gasteiger charge is -2.06. The van der Waals surface area contributed by atoms with Gasteiger partial charge in [0.15, 0.2) is 5.78 Å². The van der Waals surface area contributed by atoms with Crippen LogP contribution in [0, 0.1) is 13.8 Å². The fourth-order valence-corrected chi connectivity index (χ4v) is 3.07. The number of hydrogen-bond donors (Lipinski definition) is 1. The predicted molar refractivity (Wildman–Crippen MR) is 109 cm³/mol. The van der Waals surface area contributed by atoms with Crippen LogP contribution in [0.2, 0.25) is 0 Å². The third-order valence-electron chi connectivity index (χ3n) is 4.76. The van der Waals surface area contributed by atoms with Crippen LogP contribution in [-0.4, -0.2) is 15.9 Å². The summed E-state index contributed by atoms with van der Waals surface area (Å²) in [6.45, 7) is 3.90. The summed E-state index contributed by atoms with van der Waals surface area (Å²) in [6.07, 6.45) is 0. The molecule has 4 rings (SSSR count). The number of nitrogen functional groups attached to an aromatic ring is 1. The Bertz CT molecular complexity index is 1160. The van der Waals surface area contributed by atoms with Gasteiger partial charge in [0.25, 0.3) is 5.89 Å². The van der Waals surface area contributed by atoms with Gasteiger partial charge in [-0.25, -0.2) is 0 Å². The Labute approximate surface area is 162 Å². The lowest BCUT2D eigenvalue weighted by molar-refractivity contribution is 0.103. The fourth-order valence-electron chi connectivity index (χ4n) is 3.07. The van der Waals surface area contributed by atoms with E-state index in [0.29, 0.717) is 34.1 Å². The molecule has 0 spiro atoms. The summed E-state index contributed by atoms with van der Waals surface area (Å²) in [7, 11) is 0. The van der Waals surface area contributed by atoms with Crippen molar-refractivity contribution in [3.05, 3.63) is 89.0 Å². The minimum absolute atomic E-state index is 0.0875. The zero-order valence-corrected chi connectivity index (χ0v) is 15.6. The molecule has 0 saturated heterocycles. The number of carbonyl (C=O) groups is 1. The normalized spacial score (nSPS) is 10.8. The van der Waals surface area contributed by atoms with Gasteiger partial charge >= 0.3 is 0 Å². The van der Waals surface area contributed by atoms with Crippen LogP contribution in [0.3, 0.4) is 0 Å². The summed E-state index contributed by atoms with van der Waals surface area (Å²) in [5.41, 5.74) is 11.2. The van der Waals surface area contributed by atoms with E-state index in [1.165, 1.54) is 0 Å². The van der Waals surface area contributed by atoms with E-state index < -0.39 is 0 Å². The maximum Gasteiger partial charge on any atom is 0.258 e. The Balaban J connectivity index is 1.75. The van der Waals surface area contributed by atoms with Crippen LogP contribution in [0.5, 0.6) is 0 Å². The second-order valence-electron chi connectivity index (χ2n) is 6.68. The van der Waals surface area contributed by atoms with Gasteiger partial charge in [0.05, 0.1) is 5.56 Å². The van der Waals surface area contributed by atoms with Crippen molar-refractivity contribution in [1.29, 1.82) is 0 Å². The van der Waals surface area contributed by atoms with Crippen molar-refractivity contribution in [2.75, 3.05) is 5.73 Å². The Morgan fingerprint density at radius 3 is 2.39 bits per heavy atom. The van der Waals surface area contributed by atoms with Gasteiger partial charge in [-0.15, -0.1) is 0 Å². The van der Waals surface area contributed by atoms with E-state index in [1.807, 2.05) is 74.5 Å². The molecule has 5 nitrogen and oxygen atoms in total. The molecule has 28 heavy (non-hydrogen) atoms. The smallest absolute Gasteiger partial charge is 0.258 e. The number of nitrogens with zero attached hydrogens (tertiary/aromatic N) is 2. The second-order valence-corrected chi connectivity index (χ2v) is 6.68. The molecule has 0 bridgehead atoms. The number of ketones is 1. The average Bonchev–Trinajstić information content (AvgIpc) is 3.20. The maximum absolute atomic E-state index is 13.0. The van der Waals surface area contributed by atoms with Crippen LogP contribution in [0.4, 0.5) is 5.69 Å². The summed E-state index contributed by atoms with van der Waals surface area (Å²) in [5.74, 6) is 0.653. The first kappa shape index (κ1) is 17.7. The largest absolute Gasteiger partial charge is 0.398 e. The number of nitrogens with two attached hydrogens (primary N) is 1. The van der Waals surface area contributed by atoms with Crippen molar-refractivity contribution in [3.63, 3.8) is 0 Å². The molecule has 0 radical (unpaired) electrons. The summed E-state index contributed by atoms with van der Waals surface area (Å²) in [5, 5.41) is 4.10. The Morgan fingerprint density at radius 2 is 1.61 bits per heavy atom. The van der Waals surface area contributed by atoms with E-state index in [0.717, 1.165) is 16.7 Å². The first-order chi connectivity index (χ1) is 13.5. The molecule has 4 aromatic rings. The molecule has 0 atom stereocenters. The first-order valence-corrected chi connectivity index (χ1v) is 8.94. The third kappa shape index (κ3) is 3.18. The van der Waals surface area contributed by atoms with Gasteiger partial charge in [-0.05, 0) is 31.5 Å². The Hall–Kier alpha value is -3.73. The number of anilines is 1. The van der Waals surface area contributed by atoms with Crippen molar-refractivity contribution < 1.29 is 9.32 Å². The number of aromatic nitrogens is 2. The molecule has 0 saturated carbocycles. The van der Waals surface area contributed by atoms with Gasteiger partial charge in [-0.2, -0.15) is 4.98 Å². The van der Waals surface area contributed by atoms with Crippen molar-refractivity contribution >= 4 is 11.5 Å². The molecule has 5 heteroatoms. The summed E-state index contributed by atoms with van der Waals surface area (Å²) < 4.78 is 5.49. The van der Waals surface area contributed by atoms with E-state index in [4.69, 9.17) is 10.3 Å². The summed E-state index contributed by atoms with van der Waals surface area (Å²) in [6, 6.07) is 20.3.